The third-order valence-electron chi connectivity index (χ3n) is 3.29. The first kappa shape index (κ1) is 14.7. The topological polar surface area (TPSA) is 55.2 Å². The van der Waals surface area contributed by atoms with Crippen LogP contribution < -0.4 is 5.56 Å². The second-order valence-corrected chi connectivity index (χ2v) is 5.70. The van der Waals surface area contributed by atoms with Crippen LogP contribution in [0.2, 0.25) is 0 Å². The maximum Gasteiger partial charge on any atom is 0.262 e. The third-order valence-corrected chi connectivity index (χ3v) is 4.11. The van der Waals surface area contributed by atoms with E-state index in [4.69, 9.17) is 0 Å². The Morgan fingerprint density at radius 3 is 3.05 bits per heavy atom. The second-order valence-electron chi connectivity index (χ2n) is 4.80. The van der Waals surface area contributed by atoms with Crippen molar-refractivity contribution in [3.63, 3.8) is 0 Å². The first-order chi connectivity index (χ1) is 9.63. The zero-order chi connectivity index (χ0) is 14.5. The number of thiophene rings is 1. The molecule has 0 radical (unpaired) electrons. The number of fused-ring (bicyclic) bond motifs is 1. The summed E-state index contributed by atoms with van der Waals surface area (Å²) in [6.07, 6.45) is 3.93. The Kier molecular flexibility index (Phi) is 4.89. The highest BCUT2D eigenvalue weighted by Crippen LogP contribution is 2.13. The van der Waals surface area contributed by atoms with Crippen LogP contribution in [-0.4, -0.2) is 34.0 Å². The first-order valence-corrected chi connectivity index (χ1v) is 7.68. The largest absolute Gasteiger partial charge is 0.346 e. The standard InChI is InChI=1S/C14H19N3O2S/c1-3-4-7-16(2)12(18)5-8-17-10-15-13-11(14(17)19)6-9-20-13/h6,9-10H,3-5,7-8H2,1-2H3. The number of aryl methyl sites for hydroxylation is 1. The van der Waals surface area contributed by atoms with Gasteiger partial charge in [-0.25, -0.2) is 4.98 Å². The molecule has 2 rings (SSSR count). The minimum atomic E-state index is -0.0692. The molecule has 5 nitrogen and oxygen atoms in total. The molecule has 0 N–H and O–H groups in total. The van der Waals surface area contributed by atoms with Crippen molar-refractivity contribution in [1.82, 2.24) is 14.5 Å². The molecule has 0 aromatic carbocycles. The Morgan fingerprint density at radius 1 is 1.50 bits per heavy atom. The molecule has 0 aliphatic carbocycles. The van der Waals surface area contributed by atoms with E-state index in [1.807, 2.05) is 5.38 Å². The third kappa shape index (κ3) is 3.25. The van der Waals surface area contributed by atoms with Gasteiger partial charge >= 0.3 is 0 Å². The number of nitrogens with zero attached hydrogens (tertiary/aromatic N) is 3. The zero-order valence-corrected chi connectivity index (χ0v) is 12.7. The summed E-state index contributed by atoms with van der Waals surface area (Å²) in [5.41, 5.74) is -0.0692. The lowest BCUT2D eigenvalue weighted by Crippen LogP contribution is -2.30. The summed E-state index contributed by atoms with van der Waals surface area (Å²) in [4.78, 5) is 30.8. The molecule has 0 bridgehead atoms. The van der Waals surface area contributed by atoms with Crippen LogP contribution in [0.1, 0.15) is 26.2 Å². The van der Waals surface area contributed by atoms with E-state index < -0.39 is 0 Å². The fraction of sp³-hybridized carbons (Fsp3) is 0.500. The second kappa shape index (κ2) is 6.65. The molecule has 0 spiro atoms. The van der Waals surface area contributed by atoms with Gasteiger partial charge in [-0.3, -0.25) is 14.2 Å². The summed E-state index contributed by atoms with van der Waals surface area (Å²) < 4.78 is 1.51. The Balaban J connectivity index is 2.00. The van der Waals surface area contributed by atoms with Crippen LogP contribution >= 0.6 is 11.3 Å². The number of carbonyl (C=O) groups is 1. The SMILES string of the molecule is CCCCN(C)C(=O)CCn1cnc2sccc2c1=O. The maximum atomic E-state index is 12.1. The summed E-state index contributed by atoms with van der Waals surface area (Å²) >= 11 is 1.45. The van der Waals surface area contributed by atoms with E-state index in [1.54, 1.807) is 18.0 Å². The molecule has 20 heavy (non-hydrogen) atoms. The number of rotatable bonds is 6. The summed E-state index contributed by atoms with van der Waals surface area (Å²) in [6, 6.07) is 1.78. The number of carbonyl (C=O) groups excluding carboxylic acids is 1. The van der Waals surface area contributed by atoms with Crippen LogP contribution in [-0.2, 0) is 11.3 Å². The predicted octanol–water partition coefficient (Wildman–Crippen LogP) is 2.11. The molecule has 0 unspecified atom stereocenters. The molecule has 2 heterocycles. The normalized spacial score (nSPS) is 10.9. The Bertz CT molecular complexity index is 647. The maximum absolute atomic E-state index is 12.1. The van der Waals surface area contributed by atoms with Crippen molar-refractivity contribution in [1.29, 1.82) is 0 Å². The average molecular weight is 293 g/mol. The Hall–Kier alpha value is -1.69. The summed E-state index contributed by atoms with van der Waals surface area (Å²) in [5.74, 6) is 0.0655. The molecule has 1 amide bonds. The minimum absolute atomic E-state index is 0.0655. The molecule has 6 heteroatoms. The van der Waals surface area contributed by atoms with E-state index in [-0.39, 0.29) is 11.5 Å². The van der Waals surface area contributed by atoms with Crippen molar-refractivity contribution in [2.75, 3.05) is 13.6 Å². The molecule has 2 aromatic rings. The van der Waals surface area contributed by atoms with Gasteiger partial charge in [0.15, 0.2) is 0 Å². The molecule has 2 aromatic heterocycles. The first-order valence-electron chi connectivity index (χ1n) is 6.80. The predicted molar refractivity (Wildman–Crippen MR) is 81.0 cm³/mol. The Labute approximate surface area is 121 Å². The van der Waals surface area contributed by atoms with Gasteiger partial charge in [0.1, 0.15) is 4.83 Å². The number of amides is 1. The molecule has 0 aliphatic heterocycles. The molecule has 0 aliphatic rings. The highest BCUT2D eigenvalue weighted by atomic mass is 32.1. The summed E-state index contributed by atoms with van der Waals surface area (Å²) in [5, 5.41) is 2.48. The van der Waals surface area contributed by atoms with E-state index >= 15 is 0 Å². The van der Waals surface area contributed by atoms with Crippen molar-refractivity contribution in [2.24, 2.45) is 0 Å². The highest BCUT2D eigenvalue weighted by molar-refractivity contribution is 7.16. The summed E-state index contributed by atoms with van der Waals surface area (Å²) in [6.45, 7) is 3.25. The van der Waals surface area contributed by atoms with Gasteiger partial charge in [-0.05, 0) is 17.9 Å². The van der Waals surface area contributed by atoms with Crippen LogP contribution in [0.5, 0.6) is 0 Å². The van der Waals surface area contributed by atoms with Gasteiger partial charge in [-0.2, -0.15) is 0 Å². The molecule has 0 atom stereocenters. The Morgan fingerprint density at radius 2 is 2.30 bits per heavy atom. The van der Waals surface area contributed by atoms with Gasteiger partial charge in [-0.1, -0.05) is 13.3 Å². The lowest BCUT2D eigenvalue weighted by molar-refractivity contribution is -0.130. The molecule has 0 fully saturated rings. The van der Waals surface area contributed by atoms with E-state index in [9.17, 15) is 9.59 Å². The highest BCUT2D eigenvalue weighted by Gasteiger charge is 2.10. The van der Waals surface area contributed by atoms with Crippen molar-refractivity contribution in [3.05, 3.63) is 28.1 Å². The number of unbranched alkanes of at least 4 members (excludes halogenated alkanes) is 1. The van der Waals surface area contributed by atoms with Crippen LogP contribution in [0.25, 0.3) is 10.2 Å². The summed E-state index contributed by atoms with van der Waals surface area (Å²) in [7, 11) is 1.81. The fourth-order valence-electron chi connectivity index (χ4n) is 1.98. The minimum Gasteiger partial charge on any atom is -0.346 e. The van der Waals surface area contributed by atoms with Gasteiger partial charge in [0, 0.05) is 26.6 Å². The zero-order valence-electron chi connectivity index (χ0n) is 11.8. The number of hydrogen-bond donors (Lipinski definition) is 0. The van der Waals surface area contributed by atoms with Crippen LogP contribution in [0.15, 0.2) is 22.6 Å². The molecular weight excluding hydrogens is 274 g/mol. The molecule has 0 saturated carbocycles. The fourth-order valence-corrected chi connectivity index (χ4v) is 2.70. The van der Waals surface area contributed by atoms with Crippen molar-refractivity contribution in [2.45, 2.75) is 32.7 Å². The van der Waals surface area contributed by atoms with Crippen LogP contribution in [0, 0.1) is 0 Å². The van der Waals surface area contributed by atoms with Gasteiger partial charge < -0.3 is 4.90 Å². The van der Waals surface area contributed by atoms with E-state index in [2.05, 4.69) is 11.9 Å². The molecular formula is C14H19N3O2S. The average Bonchev–Trinajstić information content (AvgIpc) is 2.93. The monoisotopic (exact) mass is 293 g/mol. The van der Waals surface area contributed by atoms with Gasteiger partial charge in [0.25, 0.3) is 5.56 Å². The van der Waals surface area contributed by atoms with Gasteiger partial charge in [-0.15, -0.1) is 11.3 Å². The van der Waals surface area contributed by atoms with Crippen molar-refractivity contribution >= 4 is 27.5 Å². The van der Waals surface area contributed by atoms with E-state index in [1.165, 1.54) is 22.2 Å². The van der Waals surface area contributed by atoms with E-state index in [0.717, 1.165) is 24.2 Å². The van der Waals surface area contributed by atoms with Gasteiger partial charge in [0.2, 0.25) is 5.91 Å². The van der Waals surface area contributed by atoms with E-state index in [0.29, 0.717) is 18.4 Å². The van der Waals surface area contributed by atoms with Crippen LogP contribution in [0.4, 0.5) is 0 Å². The molecule has 108 valence electrons. The number of aromatic nitrogens is 2. The quantitative estimate of drug-likeness (QED) is 0.819. The van der Waals surface area contributed by atoms with Gasteiger partial charge in [0.05, 0.1) is 11.7 Å². The molecule has 0 saturated heterocycles. The van der Waals surface area contributed by atoms with Crippen LogP contribution in [0.3, 0.4) is 0 Å². The van der Waals surface area contributed by atoms with Crippen molar-refractivity contribution < 1.29 is 4.79 Å². The lowest BCUT2D eigenvalue weighted by atomic mass is 10.3. The number of hydrogen-bond acceptors (Lipinski definition) is 4. The smallest absolute Gasteiger partial charge is 0.262 e. The lowest BCUT2D eigenvalue weighted by Gasteiger charge is -2.16. The van der Waals surface area contributed by atoms with Crippen molar-refractivity contribution in [3.8, 4) is 0 Å².